The van der Waals surface area contributed by atoms with Crippen molar-refractivity contribution in [1.82, 2.24) is 0 Å². The van der Waals surface area contributed by atoms with Gasteiger partial charge >= 0.3 is 15.6 Å². The van der Waals surface area contributed by atoms with Gasteiger partial charge in [0, 0.05) is 27.1 Å². The molecule has 1 rings (SSSR count). The van der Waals surface area contributed by atoms with E-state index in [1.807, 2.05) is 0 Å². The van der Waals surface area contributed by atoms with Crippen LogP contribution in [-0.2, 0) is 36.0 Å². The van der Waals surface area contributed by atoms with E-state index in [-0.39, 0.29) is 27.5 Å². The minimum absolute atomic E-state index is 0. The zero-order chi connectivity index (χ0) is 14.5. The van der Waals surface area contributed by atoms with Gasteiger partial charge in [0.1, 0.15) is 5.76 Å². The van der Waals surface area contributed by atoms with Crippen LogP contribution in [-0.4, -0.2) is 13.9 Å². The van der Waals surface area contributed by atoms with Crippen molar-refractivity contribution in [3.05, 3.63) is 22.5 Å². The van der Waals surface area contributed by atoms with Crippen LogP contribution in [0, 0.1) is 5.41 Å². The van der Waals surface area contributed by atoms with Gasteiger partial charge in [0.25, 0.3) is 0 Å². The van der Waals surface area contributed by atoms with E-state index in [0.29, 0.717) is 5.57 Å². The zero-order valence-electron chi connectivity index (χ0n) is 11.3. The summed E-state index contributed by atoms with van der Waals surface area (Å²) < 4.78 is 63.4. The molecule has 0 heterocycles. The fourth-order valence-corrected chi connectivity index (χ4v) is 2.53. The molecule has 19 heavy (non-hydrogen) atoms. The molecule has 0 saturated heterocycles. The van der Waals surface area contributed by atoms with E-state index in [0.717, 1.165) is 11.1 Å². The van der Waals surface area contributed by atoms with E-state index >= 15 is 0 Å². The Morgan fingerprint density at radius 2 is 1.47 bits per heavy atom. The summed E-state index contributed by atoms with van der Waals surface area (Å²) >= 11 is 0. The third-order valence-electron chi connectivity index (χ3n) is 3.45. The fraction of sp³-hybridized carbons (Fsp3) is 0.636. The SMILES string of the molecule is CC1=C(C)C(C)(C)C(OS(=O)(=O)C(F)(F)F)=C1C.[Ti]. The van der Waals surface area contributed by atoms with Crippen molar-refractivity contribution < 1.29 is 47.5 Å². The molecule has 0 aromatic carbocycles. The molecule has 0 N–H and O–H groups in total. The van der Waals surface area contributed by atoms with Gasteiger partial charge in [0.05, 0.1) is 0 Å². The zero-order valence-corrected chi connectivity index (χ0v) is 13.6. The van der Waals surface area contributed by atoms with E-state index < -0.39 is 21.0 Å². The smallest absolute Gasteiger partial charge is 0.379 e. The topological polar surface area (TPSA) is 43.4 Å². The van der Waals surface area contributed by atoms with Gasteiger partial charge in [-0.1, -0.05) is 5.57 Å². The van der Waals surface area contributed by atoms with Gasteiger partial charge in [0.2, 0.25) is 0 Å². The first-order chi connectivity index (χ1) is 7.82. The Morgan fingerprint density at radius 1 is 1.05 bits per heavy atom. The molecule has 0 aromatic heterocycles. The van der Waals surface area contributed by atoms with Crippen LogP contribution in [0.2, 0.25) is 0 Å². The van der Waals surface area contributed by atoms with E-state index in [1.54, 1.807) is 34.6 Å². The molecule has 1 aliphatic carbocycles. The van der Waals surface area contributed by atoms with Crippen LogP contribution in [0.4, 0.5) is 13.2 Å². The Morgan fingerprint density at radius 3 is 1.74 bits per heavy atom. The predicted octanol–water partition coefficient (Wildman–Crippen LogP) is 3.50. The average Bonchev–Trinajstić information content (AvgIpc) is 2.31. The predicted molar refractivity (Wildman–Crippen MR) is 60.9 cm³/mol. The van der Waals surface area contributed by atoms with Gasteiger partial charge in [-0.25, -0.2) is 0 Å². The normalized spacial score (nSPS) is 19.6. The molecule has 1 aliphatic rings. The maximum absolute atomic E-state index is 12.3. The maximum atomic E-state index is 12.3. The fourth-order valence-electron chi connectivity index (χ4n) is 1.88. The molecule has 0 aliphatic heterocycles. The number of alkyl halides is 3. The van der Waals surface area contributed by atoms with Gasteiger partial charge < -0.3 is 4.18 Å². The molecule has 0 radical (unpaired) electrons. The van der Waals surface area contributed by atoms with Crippen molar-refractivity contribution in [3.63, 3.8) is 0 Å². The molecule has 0 amide bonds. The van der Waals surface area contributed by atoms with Gasteiger partial charge in [-0.05, 0) is 45.8 Å². The molecule has 0 bridgehead atoms. The van der Waals surface area contributed by atoms with E-state index in [2.05, 4.69) is 4.18 Å². The minimum Gasteiger partial charge on any atom is -0.379 e. The van der Waals surface area contributed by atoms with Crippen molar-refractivity contribution >= 4 is 10.1 Å². The number of halogens is 3. The van der Waals surface area contributed by atoms with Crippen LogP contribution >= 0.6 is 0 Å². The molecular formula is C11H15F3O3STi. The monoisotopic (exact) mass is 332 g/mol. The van der Waals surface area contributed by atoms with Gasteiger partial charge in [-0.2, -0.15) is 21.6 Å². The average molecular weight is 332 g/mol. The van der Waals surface area contributed by atoms with Gasteiger partial charge in [0.15, 0.2) is 0 Å². The van der Waals surface area contributed by atoms with Crippen molar-refractivity contribution in [2.75, 3.05) is 0 Å². The second-order valence-electron chi connectivity index (χ2n) is 4.81. The molecule has 8 heteroatoms. The Balaban J connectivity index is 0.00000324. The van der Waals surface area contributed by atoms with Crippen LogP contribution < -0.4 is 0 Å². The molecule has 108 valence electrons. The first kappa shape index (κ1) is 18.7. The van der Waals surface area contributed by atoms with Crippen molar-refractivity contribution in [3.8, 4) is 0 Å². The van der Waals surface area contributed by atoms with Crippen LogP contribution in [0.3, 0.4) is 0 Å². The summed E-state index contributed by atoms with van der Waals surface area (Å²) in [5.74, 6) is -0.158. The molecule has 0 atom stereocenters. The number of rotatable bonds is 2. The summed E-state index contributed by atoms with van der Waals surface area (Å²) in [6.07, 6.45) is 0. The third kappa shape index (κ3) is 3.08. The molecular weight excluding hydrogens is 317 g/mol. The van der Waals surface area contributed by atoms with Crippen LogP contribution in [0.1, 0.15) is 34.6 Å². The standard InChI is InChI=1S/C11H15F3O3S.Ti/c1-6-7(2)9(10(4,5)8(6)3)17-18(15,16)11(12,13)14;/h1-5H3;. The Kier molecular flexibility index (Phi) is 5.18. The molecule has 0 unspecified atom stereocenters. The van der Waals surface area contributed by atoms with Crippen molar-refractivity contribution in [1.29, 1.82) is 0 Å². The largest absolute Gasteiger partial charge is 0.534 e. The Hall–Kier alpha value is -0.266. The molecule has 0 aromatic rings. The van der Waals surface area contributed by atoms with E-state index in [1.165, 1.54) is 0 Å². The Bertz CT molecular complexity index is 542. The van der Waals surface area contributed by atoms with E-state index in [9.17, 15) is 21.6 Å². The van der Waals surface area contributed by atoms with Crippen LogP contribution in [0.15, 0.2) is 22.5 Å². The number of allylic oxidation sites excluding steroid dienone is 3. The molecule has 0 saturated carbocycles. The summed E-state index contributed by atoms with van der Waals surface area (Å²) in [6.45, 7) is 8.28. The Labute approximate surface area is 125 Å². The van der Waals surface area contributed by atoms with Gasteiger partial charge in [-0.15, -0.1) is 0 Å². The molecule has 0 spiro atoms. The van der Waals surface area contributed by atoms with Crippen LogP contribution in [0.5, 0.6) is 0 Å². The quantitative estimate of drug-likeness (QED) is 0.442. The van der Waals surface area contributed by atoms with Crippen molar-refractivity contribution in [2.45, 2.75) is 40.1 Å². The second kappa shape index (κ2) is 5.26. The molecule has 0 fully saturated rings. The third-order valence-corrected chi connectivity index (χ3v) is 4.40. The van der Waals surface area contributed by atoms with Gasteiger partial charge in [-0.3, -0.25) is 0 Å². The maximum Gasteiger partial charge on any atom is 0.534 e. The minimum atomic E-state index is -5.62. The first-order valence-corrected chi connectivity index (χ1v) is 6.63. The summed E-state index contributed by atoms with van der Waals surface area (Å²) in [5.41, 5.74) is -4.28. The van der Waals surface area contributed by atoms with Crippen molar-refractivity contribution in [2.24, 2.45) is 5.41 Å². The summed E-state index contributed by atoms with van der Waals surface area (Å²) in [4.78, 5) is 0. The number of hydrogen-bond acceptors (Lipinski definition) is 3. The van der Waals surface area contributed by atoms with E-state index in [4.69, 9.17) is 0 Å². The first-order valence-electron chi connectivity index (χ1n) is 5.23. The number of hydrogen-bond donors (Lipinski definition) is 0. The summed E-state index contributed by atoms with van der Waals surface area (Å²) in [6, 6.07) is 0. The molecule has 3 nitrogen and oxygen atoms in total. The summed E-state index contributed by atoms with van der Waals surface area (Å²) in [7, 11) is -5.62. The second-order valence-corrected chi connectivity index (χ2v) is 6.35. The van der Waals surface area contributed by atoms with Crippen LogP contribution in [0.25, 0.3) is 0 Å². The summed E-state index contributed by atoms with van der Waals surface area (Å²) in [5, 5.41) is 0.